The van der Waals surface area contributed by atoms with Crippen molar-refractivity contribution in [2.45, 2.75) is 148 Å². The molecule has 16 nitrogen and oxygen atoms in total. The van der Waals surface area contributed by atoms with E-state index in [1.165, 1.54) is 25.9 Å². The minimum absolute atomic E-state index is 0.0593. The summed E-state index contributed by atoms with van der Waals surface area (Å²) in [6.45, 7) is 10.6. The first-order chi connectivity index (χ1) is 32.9. The lowest BCUT2D eigenvalue weighted by Crippen LogP contribution is -2.60. The highest BCUT2D eigenvalue weighted by Gasteiger charge is 2.43. The molecular formula is C50H66BrF3N8O8. The molecule has 2 heterocycles. The van der Waals surface area contributed by atoms with Gasteiger partial charge in [0.2, 0.25) is 29.5 Å². The van der Waals surface area contributed by atoms with Crippen molar-refractivity contribution in [3.63, 3.8) is 0 Å². The third-order valence-corrected chi connectivity index (χ3v) is 12.9. The number of benzene rings is 2. The number of rotatable bonds is 13. The van der Waals surface area contributed by atoms with Crippen molar-refractivity contribution < 1.29 is 51.5 Å². The summed E-state index contributed by atoms with van der Waals surface area (Å²) in [5.74, 6) is -7.31. The van der Waals surface area contributed by atoms with Gasteiger partial charge in [0, 0.05) is 68.5 Å². The maximum absolute atomic E-state index is 15.0. The second kappa shape index (κ2) is 25.2. The average Bonchev–Trinajstić information content (AvgIpc) is 3.64. The Morgan fingerprint density at radius 2 is 1.30 bits per heavy atom. The van der Waals surface area contributed by atoms with E-state index in [4.69, 9.17) is 4.74 Å². The molecule has 1 aromatic heterocycles. The molecule has 4 rings (SSSR count). The van der Waals surface area contributed by atoms with E-state index >= 15 is 0 Å². The topological polar surface area (TPSA) is 203 Å². The molecule has 3 aromatic rings. The molecule has 2 aromatic carbocycles. The molecule has 0 saturated carbocycles. The lowest BCUT2D eigenvalue weighted by molar-refractivity contribution is -0.166. The first kappa shape index (κ1) is 56.6. The predicted molar refractivity (Wildman–Crippen MR) is 259 cm³/mol. The Morgan fingerprint density at radius 1 is 0.743 bits per heavy atom. The van der Waals surface area contributed by atoms with Crippen LogP contribution in [0.15, 0.2) is 59.2 Å². The molecule has 0 spiro atoms. The Bertz CT molecular complexity index is 2390. The summed E-state index contributed by atoms with van der Waals surface area (Å²) in [6.07, 6.45) is -7.35. The van der Waals surface area contributed by atoms with E-state index in [1.54, 1.807) is 26.8 Å². The minimum atomic E-state index is -5.01. The average molecular weight is 1040 g/mol. The number of hydrogen-bond acceptors (Lipinski definition) is 9. The monoisotopic (exact) mass is 1040 g/mol. The fourth-order valence-corrected chi connectivity index (χ4v) is 8.71. The van der Waals surface area contributed by atoms with Gasteiger partial charge in [0.15, 0.2) is 6.10 Å². The molecule has 382 valence electrons. The lowest BCUT2D eigenvalue weighted by Gasteiger charge is -2.35. The Morgan fingerprint density at radius 3 is 1.90 bits per heavy atom. The summed E-state index contributed by atoms with van der Waals surface area (Å²) in [5.41, 5.74) is 2.53. The Labute approximate surface area is 416 Å². The molecule has 0 radical (unpaired) electrons. The maximum atomic E-state index is 15.0. The summed E-state index contributed by atoms with van der Waals surface area (Å²) in [4.78, 5) is 103. The first-order valence-corrected chi connectivity index (χ1v) is 24.3. The van der Waals surface area contributed by atoms with Crippen LogP contribution < -0.4 is 16.0 Å². The van der Waals surface area contributed by atoms with Gasteiger partial charge in [-0.2, -0.15) is 18.4 Å². The lowest BCUT2D eigenvalue weighted by atomic mass is 9.98. The molecule has 20 heteroatoms. The zero-order valence-corrected chi connectivity index (χ0v) is 42.9. The second-order valence-corrected chi connectivity index (χ2v) is 19.8. The molecule has 70 heavy (non-hydrogen) atoms. The summed E-state index contributed by atoms with van der Waals surface area (Å²) in [5, 5.41) is 17.8. The van der Waals surface area contributed by atoms with E-state index in [0.717, 1.165) is 37.8 Å². The van der Waals surface area contributed by atoms with Crippen LogP contribution >= 0.6 is 15.9 Å². The highest BCUT2D eigenvalue weighted by atomic mass is 79.9. The van der Waals surface area contributed by atoms with Gasteiger partial charge in [0.1, 0.15) is 36.3 Å². The van der Waals surface area contributed by atoms with Gasteiger partial charge >= 0.3 is 12.1 Å². The third kappa shape index (κ3) is 15.3. The normalized spacial score (nSPS) is 23.3. The molecule has 6 amide bonds. The molecule has 1 aliphatic rings. The third-order valence-electron chi connectivity index (χ3n) is 12.4. The van der Waals surface area contributed by atoms with Crippen molar-refractivity contribution in [1.29, 1.82) is 5.26 Å². The number of carbonyl (C=O) groups is 7. The number of para-hydroxylation sites is 1. The highest BCUT2D eigenvalue weighted by molar-refractivity contribution is 9.10. The van der Waals surface area contributed by atoms with E-state index < -0.39 is 103 Å². The predicted octanol–water partition coefficient (Wildman–Crippen LogP) is 6.02. The summed E-state index contributed by atoms with van der Waals surface area (Å²) in [6, 6.07) is 8.12. The van der Waals surface area contributed by atoms with Crippen LogP contribution in [0.25, 0.3) is 10.9 Å². The molecule has 7 atom stereocenters. The van der Waals surface area contributed by atoms with Gasteiger partial charge in [-0.1, -0.05) is 87.3 Å². The fraction of sp³-hybridized carbons (Fsp3) is 0.560. The molecule has 1 saturated heterocycles. The van der Waals surface area contributed by atoms with Crippen LogP contribution in [0, 0.1) is 23.2 Å². The number of nitriles is 1. The van der Waals surface area contributed by atoms with E-state index in [2.05, 4.69) is 31.9 Å². The highest BCUT2D eigenvalue weighted by Crippen LogP contribution is 2.27. The maximum Gasteiger partial charge on any atom is 0.391 e. The van der Waals surface area contributed by atoms with E-state index in [0.29, 0.717) is 18.5 Å². The van der Waals surface area contributed by atoms with Crippen LogP contribution in [0.4, 0.5) is 13.2 Å². The number of hydrogen-bond donors (Lipinski definition) is 3. The Balaban J connectivity index is 1.91. The SMILES string of the molecule is CCC[C@@H]1NC(=O)[C@H](CC(C)C)N(C)C(=O)[C@H](CC(F)(F)F)NC(=O)[C@@H](CCC#N)OC(=O)[C@H](C)N(C)C(=O)[C@H](CC(C)C)NC(=O)[C@H](Cc2cn(Cc3ccc(Br)cc3)c3ccccc23)N(C)C1=O. The molecule has 3 N–H and O–H groups in total. The van der Waals surface area contributed by atoms with Gasteiger partial charge in [0.05, 0.1) is 12.5 Å². The van der Waals surface area contributed by atoms with Crippen LogP contribution in [0.3, 0.4) is 0 Å². The number of esters is 1. The zero-order chi connectivity index (χ0) is 52.2. The van der Waals surface area contributed by atoms with Crippen molar-refractivity contribution in [2.24, 2.45) is 11.8 Å². The molecule has 1 fully saturated rings. The number of fused-ring (bicyclic) bond motifs is 1. The standard InChI is InChI=1S/C50H66BrF3N8O8/c1-10-14-36-46(66)61(9)41(25-33-28-62(39-16-12-11-15-35(33)39)27-32-18-20-34(51)21-19-32)44(64)57-37(23-29(2)3)47(67)59(7)31(6)49(69)70-42(17-13-22-55)45(65)58-38(26-50(52,53)54)48(68)60(8)40(24-30(4)5)43(63)56-36/h11-12,15-16,18-21,28-31,36-38,40-42H,10,13-14,17,23-27H2,1-9H3,(H,56,63)(H,57,64)(H,58,65)/t31-,36-,37-,38-,40-,41-,42+/m0/s1. The van der Waals surface area contributed by atoms with Crippen molar-refractivity contribution >= 4 is 68.2 Å². The smallest absolute Gasteiger partial charge is 0.391 e. The van der Waals surface area contributed by atoms with Crippen LogP contribution in [-0.2, 0) is 51.3 Å². The molecule has 0 unspecified atom stereocenters. The van der Waals surface area contributed by atoms with Gasteiger partial charge in [-0.15, -0.1) is 0 Å². The van der Waals surface area contributed by atoms with Crippen molar-refractivity contribution in [1.82, 2.24) is 35.2 Å². The van der Waals surface area contributed by atoms with E-state index in [9.17, 15) is 52.0 Å². The van der Waals surface area contributed by atoms with Crippen molar-refractivity contribution in [3.05, 3.63) is 70.3 Å². The molecular weight excluding hydrogens is 977 g/mol. The summed E-state index contributed by atoms with van der Waals surface area (Å²) < 4.78 is 50.9. The number of aromatic nitrogens is 1. The number of cyclic esters (lactones) is 1. The molecule has 0 aliphatic carbocycles. The van der Waals surface area contributed by atoms with Gasteiger partial charge in [0.25, 0.3) is 5.91 Å². The van der Waals surface area contributed by atoms with Gasteiger partial charge in [-0.05, 0) is 67.3 Å². The summed E-state index contributed by atoms with van der Waals surface area (Å²) in [7, 11) is 3.81. The molecule has 1 aliphatic heterocycles. The van der Waals surface area contributed by atoms with Gasteiger partial charge in [-0.3, -0.25) is 28.8 Å². The molecule has 0 bridgehead atoms. The summed E-state index contributed by atoms with van der Waals surface area (Å²) >= 11 is 3.48. The minimum Gasteiger partial charge on any atom is -0.451 e. The second-order valence-electron chi connectivity index (χ2n) is 18.9. The van der Waals surface area contributed by atoms with Gasteiger partial charge in [-0.25, -0.2) is 4.79 Å². The number of alkyl halides is 3. The van der Waals surface area contributed by atoms with Crippen LogP contribution in [0.2, 0.25) is 0 Å². The first-order valence-electron chi connectivity index (χ1n) is 23.5. The largest absolute Gasteiger partial charge is 0.451 e. The Hall–Kier alpha value is -5.97. The van der Waals surface area contributed by atoms with Gasteiger partial charge < -0.3 is 40.0 Å². The number of likely N-dealkylation sites (N-methyl/N-ethyl adjacent to an activating group) is 3. The van der Waals surface area contributed by atoms with Crippen molar-refractivity contribution in [2.75, 3.05) is 21.1 Å². The van der Waals surface area contributed by atoms with E-state index in [1.807, 2.05) is 73.1 Å². The van der Waals surface area contributed by atoms with Crippen LogP contribution in [0.1, 0.15) is 97.6 Å². The number of halogens is 4. The fourth-order valence-electron chi connectivity index (χ4n) is 8.45. The number of ether oxygens (including phenoxy) is 1. The zero-order valence-electron chi connectivity index (χ0n) is 41.3. The van der Waals surface area contributed by atoms with Crippen LogP contribution in [-0.4, -0.2) is 130 Å². The van der Waals surface area contributed by atoms with E-state index in [-0.39, 0.29) is 43.9 Å². The number of carbonyl (C=O) groups excluding carboxylic acids is 7. The van der Waals surface area contributed by atoms with Crippen LogP contribution in [0.5, 0.6) is 0 Å². The number of nitrogens with zero attached hydrogens (tertiary/aromatic N) is 5. The number of amides is 6. The van der Waals surface area contributed by atoms with Crippen molar-refractivity contribution in [3.8, 4) is 6.07 Å². The number of nitrogens with one attached hydrogen (secondary N) is 3. The quantitative estimate of drug-likeness (QED) is 0.171. The Kier molecular flexibility index (Phi) is 20.4.